The van der Waals surface area contributed by atoms with Gasteiger partial charge in [0, 0.05) is 24.4 Å². The summed E-state index contributed by atoms with van der Waals surface area (Å²) in [5, 5.41) is 25.7. The van der Waals surface area contributed by atoms with Crippen LogP contribution in [-0.4, -0.2) is 41.7 Å². The average molecular weight is 413 g/mol. The normalized spacial score (nSPS) is 15.0. The molecule has 0 saturated carbocycles. The number of carbonyl (C=O) groups is 2. The van der Waals surface area contributed by atoms with Gasteiger partial charge in [0.2, 0.25) is 0 Å². The number of fused-ring (bicyclic) bond motifs is 1. The first-order chi connectivity index (χ1) is 14.5. The molecule has 0 spiro atoms. The van der Waals surface area contributed by atoms with Crippen molar-refractivity contribution in [2.24, 2.45) is 0 Å². The molecule has 1 amide bonds. The van der Waals surface area contributed by atoms with Gasteiger partial charge >= 0.3 is 5.97 Å². The average Bonchev–Trinajstić information content (AvgIpc) is 2.76. The van der Waals surface area contributed by atoms with Crippen LogP contribution in [0.25, 0.3) is 0 Å². The van der Waals surface area contributed by atoms with E-state index in [0.29, 0.717) is 0 Å². The number of nitrogens with zero attached hydrogens (tertiary/aromatic N) is 1. The number of esters is 1. The zero-order chi connectivity index (χ0) is 21.5. The van der Waals surface area contributed by atoms with Gasteiger partial charge in [-0.25, -0.2) is 4.79 Å². The maximum Gasteiger partial charge on any atom is 0.341 e. The number of aliphatic hydroxyl groups excluding tert-OH is 1. The quantitative estimate of drug-likeness (QED) is 0.344. The zero-order valence-electron chi connectivity index (χ0n) is 16.3. The molecule has 30 heavy (non-hydrogen) atoms. The van der Waals surface area contributed by atoms with Gasteiger partial charge in [0.1, 0.15) is 0 Å². The number of anilines is 1. The van der Waals surface area contributed by atoms with Crippen LogP contribution in [0.5, 0.6) is 0 Å². The van der Waals surface area contributed by atoms with Crippen molar-refractivity contribution < 1.29 is 24.4 Å². The molecule has 1 aliphatic rings. The summed E-state index contributed by atoms with van der Waals surface area (Å²) in [6, 6.07) is 11.5. The van der Waals surface area contributed by atoms with Gasteiger partial charge in [-0.3, -0.25) is 14.9 Å². The maximum atomic E-state index is 12.5. The molecule has 2 aromatic carbocycles. The van der Waals surface area contributed by atoms with E-state index in [0.717, 1.165) is 30.9 Å². The van der Waals surface area contributed by atoms with E-state index in [4.69, 9.17) is 9.84 Å². The number of nitrogens with one attached hydrogen (secondary N) is 2. The molecule has 0 aliphatic heterocycles. The monoisotopic (exact) mass is 413 g/mol. The van der Waals surface area contributed by atoms with Crippen molar-refractivity contribution in [3.63, 3.8) is 0 Å². The first kappa shape index (κ1) is 21.3. The molecule has 0 saturated heterocycles. The van der Waals surface area contributed by atoms with E-state index >= 15 is 0 Å². The molecule has 3 rings (SSSR count). The topological polar surface area (TPSA) is 131 Å². The van der Waals surface area contributed by atoms with Gasteiger partial charge in [0.05, 0.1) is 23.1 Å². The van der Waals surface area contributed by atoms with Crippen LogP contribution in [0, 0.1) is 10.1 Å². The standard InChI is InChI=1S/C21H23N3O6/c25-11-10-22-18-9-8-15(24(28)29)12-17(18)21(27)30-13-20(26)23-19-7-3-5-14-4-1-2-6-16(14)19/h1-2,4,6,8-9,12,19,22,25H,3,5,7,10-11,13H2,(H,23,26)/t19-/m0/s1. The second kappa shape index (κ2) is 9.84. The molecule has 0 unspecified atom stereocenters. The van der Waals surface area contributed by atoms with Crippen molar-refractivity contribution in [3.8, 4) is 0 Å². The Morgan fingerprint density at radius 3 is 2.80 bits per heavy atom. The fourth-order valence-electron chi connectivity index (χ4n) is 3.51. The predicted octanol–water partition coefficient (Wildman–Crippen LogP) is 2.35. The van der Waals surface area contributed by atoms with Crippen LogP contribution in [0.2, 0.25) is 0 Å². The fourth-order valence-corrected chi connectivity index (χ4v) is 3.51. The number of hydrogen-bond acceptors (Lipinski definition) is 7. The van der Waals surface area contributed by atoms with E-state index in [-0.39, 0.29) is 36.1 Å². The van der Waals surface area contributed by atoms with E-state index in [1.54, 1.807) is 0 Å². The van der Waals surface area contributed by atoms with E-state index in [2.05, 4.69) is 10.6 Å². The summed E-state index contributed by atoms with van der Waals surface area (Å²) < 4.78 is 5.10. The van der Waals surface area contributed by atoms with Gasteiger partial charge in [0.25, 0.3) is 11.6 Å². The largest absolute Gasteiger partial charge is 0.452 e. The van der Waals surface area contributed by atoms with Crippen molar-refractivity contribution in [3.05, 3.63) is 69.3 Å². The molecule has 1 aliphatic carbocycles. The number of aliphatic hydroxyl groups is 1. The molecule has 158 valence electrons. The van der Waals surface area contributed by atoms with Crippen molar-refractivity contribution in [1.82, 2.24) is 5.32 Å². The SMILES string of the molecule is O=C(COC(=O)c1cc([N+](=O)[O-])ccc1NCCO)N[C@H]1CCCc2ccccc21. The van der Waals surface area contributed by atoms with Crippen molar-refractivity contribution in [2.75, 3.05) is 25.1 Å². The molecule has 0 aromatic heterocycles. The van der Waals surface area contributed by atoms with E-state index < -0.39 is 23.4 Å². The lowest BCUT2D eigenvalue weighted by Crippen LogP contribution is -2.34. The Morgan fingerprint density at radius 2 is 2.03 bits per heavy atom. The highest BCUT2D eigenvalue weighted by Crippen LogP contribution is 2.29. The molecular formula is C21H23N3O6. The van der Waals surface area contributed by atoms with Crippen molar-refractivity contribution in [1.29, 1.82) is 0 Å². The summed E-state index contributed by atoms with van der Waals surface area (Å²) in [5.74, 6) is -1.31. The Balaban J connectivity index is 1.64. The van der Waals surface area contributed by atoms with Crippen molar-refractivity contribution in [2.45, 2.75) is 25.3 Å². The minimum Gasteiger partial charge on any atom is -0.452 e. The first-order valence-electron chi connectivity index (χ1n) is 9.67. The lowest BCUT2D eigenvalue weighted by Gasteiger charge is -2.26. The number of nitro groups is 1. The molecule has 2 aromatic rings. The maximum absolute atomic E-state index is 12.5. The fraction of sp³-hybridized carbons (Fsp3) is 0.333. The summed E-state index contributed by atoms with van der Waals surface area (Å²) in [4.78, 5) is 35.2. The summed E-state index contributed by atoms with van der Waals surface area (Å²) in [6.45, 7) is -0.532. The van der Waals surface area contributed by atoms with Crippen molar-refractivity contribution >= 4 is 23.3 Å². The minimum atomic E-state index is -0.863. The molecule has 9 heteroatoms. The Bertz CT molecular complexity index is 946. The van der Waals surface area contributed by atoms with E-state index in [1.807, 2.05) is 24.3 Å². The highest BCUT2D eigenvalue weighted by Gasteiger charge is 2.23. The van der Waals surface area contributed by atoms with Gasteiger partial charge in [-0.05, 0) is 36.5 Å². The number of amides is 1. The third-order valence-electron chi connectivity index (χ3n) is 4.90. The molecule has 0 fully saturated rings. The second-order valence-electron chi connectivity index (χ2n) is 6.92. The molecule has 3 N–H and O–H groups in total. The van der Waals surface area contributed by atoms with Crippen LogP contribution in [0.4, 0.5) is 11.4 Å². The third-order valence-corrected chi connectivity index (χ3v) is 4.90. The Labute approximate surface area is 173 Å². The summed E-state index contributed by atoms with van der Waals surface area (Å²) in [6.07, 6.45) is 2.72. The predicted molar refractivity (Wildman–Crippen MR) is 109 cm³/mol. The van der Waals surface area contributed by atoms with Gasteiger partial charge in [-0.1, -0.05) is 24.3 Å². The second-order valence-corrected chi connectivity index (χ2v) is 6.92. The Kier molecular flexibility index (Phi) is 6.97. The molecule has 9 nitrogen and oxygen atoms in total. The van der Waals surface area contributed by atoms with Gasteiger partial charge < -0.3 is 20.5 Å². The van der Waals surface area contributed by atoms with E-state index in [9.17, 15) is 19.7 Å². The molecule has 0 bridgehead atoms. The van der Waals surface area contributed by atoms with Crippen LogP contribution in [0.3, 0.4) is 0 Å². The number of hydrogen-bond donors (Lipinski definition) is 3. The van der Waals surface area contributed by atoms with Crippen LogP contribution >= 0.6 is 0 Å². The summed E-state index contributed by atoms with van der Waals surface area (Å²) in [5.41, 5.74) is 2.19. The number of carbonyl (C=O) groups excluding carboxylic acids is 2. The molecule has 1 atom stereocenters. The van der Waals surface area contributed by atoms with Gasteiger partial charge in [0.15, 0.2) is 6.61 Å². The molecular weight excluding hydrogens is 390 g/mol. The highest BCUT2D eigenvalue weighted by atomic mass is 16.6. The number of aryl methyl sites for hydroxylation is 1. The van der Waals surface area contributed by atoms with Crippen LogP contribution in [0.1, 0.15) is 40.4 Å². The Hall–Kier alpha value is -3.46. The summed E-state index contributed by atoms with van der Waals surface area (Å²) >= 11 is 0. The van der Waals surface area contributed by atoms with E-state index in [1.165, 1.54) is 17.7 Å². The van der Waals surface area contributed by atoms with Crippen LogP contribution in [-0.2, 0) is 16.0 Å². The van der Waals surface area contributed by atoms with Gasteiger partial charge in [-0.2, -0.15) is 0 Å². The van der Waals surface area contributed by atoms with Gasteiger partial charge in [-0.15, -0.1) is 0 Å². The number of ether oxygens (including phenoxy) is 1. The number of non-ortho nitro benzene ring substituents is 1. The zero-order valence-corrected chi connectivity index (χ0v) is 16.3. The molecule has 0 radical (unpaired) electrons. The van der Waals surface area contributed by atoms with Crippen LogP contribution in [0.15, 0.2) is 42.5 Å². The Morgan fingerprint density at radius 1 is 1.23 bits per heavy atom. The lowest BCUT2D eigenvalue weighted by atomic mass is 9.88. The number of rotatable bonds is 8. The highest BCUT2D eigenvalue weighted by molar-refractivity contribution is 5.97. The first-order valence-corrected chi connectivity index (χ1v) is 9.67. The summed E-state index contributed by atoms with van der Waals surface area (Å²) in [7, 11) is 0. The number of nitro benzene ring substituents is 1. The minimum absolute atomic E-state index is 0.0755. The third kappa shape index (κ3) is 5.12. The number of benzene rings is 2. The molecule has 0 heterocycles. The van der Waals surface area contributed by atoms with Crippen LogP contribution < -0.4 is 10.6 Å². The lowest BCUT2D eigenvalue weighted by molar-refractivity contribution is -0.384. The smallest absolute Gasteiger partial charge is 0.341 e.